The van der Waals surface area contributed by atoms with Crippen LogP contribution in [0.1, 0.15) is 5.82 Å². The Morgan fingerprint density at radius 2 is 2.00 bits per heavy atom. The number of aryl methyl sites for hydroxylation is 1. The summed E-state index contributed by atoms with van der Waals surface area (Å²) in [6.45, 7) is 0. The van der Waals surface area contributed by atoms with Crippen molar-refractivity contribution in [3.8, 4) is 5.69 Å². The molecule has 3 rings (SSSR count). The van der Waals surface area contributed by atoms with E-state index in [0.717, 1.165) is 16.0 Å². The first-order valence-corrected chi connectivity index (χ1v) is 7.99. The molecule has 0 fully saturated rings. The minimum absolute atomic E-state index is 0.0664. The first kappa shape index (κ1) is 14.8. The Morgan fingerprint density at radius 3 is 2.71 bits per heavy atom. The Hall–Kier alpha value is -1.10. The van der Waals surface area contributed by atoms with E-state index in [-0.39, 0.29) is 5.02 Å². The fourth-order valence-corrected chi connectivity index (χ4v) is 3.07. The lowest BCUT2D eigenvalue weighted by atomic mass is 10.2. The van der Waals surface area contributed by atoms with E-state index >= 15 is 0 Å². The lowest BCUT2D eigenvalue weighted by molar-refractivity contribution is 0.629. The van der Waals surface area contributed by atoms with Crippen molar-refractivity contribution in [2.75, 3.05) is 5.88 Å². The molecule has 0 radical (unpaired) electrons. The van der Waals surface area contributed by atoms with Crippen LogP contribution < -0.4 is 0 Å². The second-order valence-corrected chi connectivity index (χ2v) is 6.15. The summed E-state index contributed by atoms with van der Waals surface area (Å²) in [6, 6.07) is 10.7. The molecule has 0 saturated heterocycles. The number of benzene rings is 2. The van der Waals surface area contributed by atoms with Gasteiger partial charge >= 0.3 is 0 Å². The predicted octanol–water partition coefficient (Wildman–Crippen LogP) is 5.36. The highest BCUT2D eigenvalue weighted by Gasteiger charge is 2.16. The highest BCUT2D eigenvalue weighted by molar-refractivity contribution is 9.10. The van der Waals surface area contributed by atoms with Gasteiger partial charge in [0, 0.05) is 22.8 Å². The number of hydrogen-bond donors (Lipinski definition) is 0. The van der Waals surface area contributed by atoms with E-state index in [1.165, 1.54) is 12.1 Å². The van der Waals surface area contributed by atoms with E-state index in [1.54, 1.807) is 0 Å². The maximum absolute atomic E-state index is 13.8. The third-order valence-electron chi connectivity index (χ3n) is 3.18. The van der Waals surface area contributed by atoms with Gasteiger partial charge in [-0.05, 0) is 34.1 Å². The van der Waals surface area contributed by atoms with Crippen molar-refractivity contribution in [2.24, 2.45) is 0 Å². The quantitative estimate of drug-likeness (QED) is 0.553. The van der Waals surface area contributed by atoms with Crippen LogP contribution in [0.4, 0.5) is 4.39 Å². The fraction of sp³-hybridized carbons (Fsp3) is 0.133. The van der Waals surface area contributed by atoms with Gasteiger partial charge in [0.15, 0.2) is 0 Å². The van der Waals surface area contributed by atoms with Gasteiger partial charge in [-0.1, -0.05) is 23.7 Å². The van der Waals surface area contributed by atoms with Crippen molar-refractivity contribution in [2.45, 2.75) is 6.42 Å². The van der Waals surface area contributed by atoms with Crippen molar-refractivity contribution in [3.05, 3.63) is 57.5 Å². The molecule has 108 valence electrons. The number of para-hydroxylation sites is 1. The molecule has 0 aliphatic carbocycles. The monoisotopic (exact) mass is 386 g/mol. The van der Waals surface area contributed by atoms with Gasteiger partial charge in [0.05, 0.1) is 21.7 Å². The van der Waals surface area contributed by atoms with Crippen molar-refractivity contribution >= 4 is 50.2 Å². The lowest BCUT2D eigenvalue weighted by Gasteiger charge is -2.10. The summed E-state index contributed by atoms with van der Waals surface area (Å²) in [5.41, 5.74) is 2.21. The average molecular weight is 388 g/mol. The summed E-state index contributed by atoms with van der Waals surface area (Å²) in [7, 11) is 0. The second-order valence-electron chi connectivity index (χ2n) is 4.51. The standard InChI is InChI=1S/C15H10BrCl2FN2/c16-9-3-1-2-4-13(9)21-14-8-11(19)10(18)7-12(14)20-15(21)5-6-17/h1-4,7-8H,5-6H2. The van der Waals surface area contributed by atoms with Gasteiger partial charge in [-0.3, -0.25) is 4.57 Å². The number of rotatable bonds is 3. The largest absolute Gasteiger partial charge is 0.295 e. The first-order chi connectivity index (χ1) is 10.1. The summed E-state index contributed by atoms with van der Waals surface area (Å²) in [5, 5.41) is 0.0664. The zero-order chi connectivity index (χ0) is 15.0. The second kappa shape index (κ2) is 5.95. The molecular formula is C15H10BrCl2FN2. The third kappa shape index (κ3) is 2.68. The highest BCUT2D eigenvalue weighted by atomic mass is 79.9. The number of hydrogen-bond acceptors (Lipinski definition) is 1. The predicted molar refractivity (Wildman–Crippen MR) is 88.2 cm³/mol. The number of alkyl halides is 1. The van der Waals surface area contributed by atoms with Crippen LogP contribution in [-0.4, -0.2) is 15.4 Å². The molecule has 0 amide bonds. The zero-order valence-electron chi connectivity index (χ0n) is 10.8. The summed E-state index contributed by atoms with van der Waals surface area (Å²) in [4.78, 5) is 4.53. The molecule has 1 heterocycles. The fourth-order valence-electron chi connectivity index (χ4n) is 2.28. The van der Waals surface area contributed by atoms with Gasteiger partial charge in [-0.15, -0.1) is 11.6 Å². The van der Waals surface area contributed by atoms with Crippen LogP contribution in [0.15, 0.2) is 40.9 Å². The molecule has 3 aromatic rings. The number of nitrogens with zero attached hydrogens (tertiary/aromatic N) is 2. The number of halogens is 4. The minimum Gasteiger partial charge on any atom is -0.295 e. The zero-order valence-corrected chi connectivity index (χ0v) is 13.9. The maximum atomic E-state index is 13.8. The highest BCUT2D eigenvalue weighted by Crippen LogP contribution is 2.30. The average Bonchev–Trinajstić information content (AvgIpc) is 2.78. The Balaban J connectivity index is 2.35. The molecule has 0 N–H and O–H groups in total. The molecule has 0 spiro atoms. The molecule has 1 aromatic heterocycles. The molecule has 0 aliphatic heterocycles. The number of imidazole rings is 1. The molecule has 0 unspecified atom stereocenters. The normalized spacial score (nSPS) is 11.2. The van der Waals surface area contributed by atoms with E-state index in [9.17, 15) is 4.39 Å². The first-order valence-electron chi connectivity index (χ1n) is 6.29. The van der Waals surface area contributed by atoms with Gasteiger partial charge in [0.25, 0.3) is 0 Å². The summed E-state index contributed by atoms with van der Waals surface area (Å²) < 4.78 is 16.6. The van der Waals surface area contributed by atoms with Gasteiger partial charge < -0.3 is 0 Å². The molecule has 21 heavy (non-hydrogen) atoms. The van der Waals surface area contributed by atoms with Crippen molar-refractivity contribution < 1.29 is 4.39 Å². The van der Waals surface area contributed by atoms with Crippen LogP contribution in [0.5, 0.6) is 0 Å². The van der Waals surface area contributed by atoms with Crippen LogP contribution >= 0.6 is 39.1 Å². The number of aromatic nitrogens is 2. The van der Waals surface area contributed by atoms with E-state index in [1.807, 2.05) is 28.8 Å². The van der Waals surface area contributed by atoms with Gasteiger partial charge in [0.2, 0.25) is 0 Å². The van der Waals surface area contributed by atoms with Crippen molar-refractivity contribution in [3.63, 3.8) is 0 Å². The van der Waals surface area contributed by atoms with Crippen molar-refractivity contribution in [1.82, 2.24) is 9.55 Å². The Bertz CT molecular complexity index is 817. The Kier molecular flexibility index (Phi) is 4.20. The topological polar surface area (TPSA) is 17.8 Å². The van der Waals surface area contributed by atoms with Gasteiger partial charge in [0.1, 0.15) is 11.6 Å². The van der Waals surface area contributed by atoms with E-state index in [2.05, 4.69) is 20.9 Å². The molecule has 0 aliphatic rings. The molecule has 6 heteroatoms. The van der Waals surface area contributed by atoms with Crippen LogP contribution in [-0.2, 0) is 6.42 Å². The lowest BCUT2D eigenvalue weighted by Crippen LogP contribution is -2.03. The van der Waals surface area contributed by atoms with Gasteiger partial charge in [-0.25, -0.2) is 9.37 Å². The molecule has 2 nitrogen and oxygen atoms in total. The van der Waals surface area contributed by atoms with Crippen molar-refractivity contribution in [1.29, 1.82) is 0 Å². The third-order valence-corrected chi connectivity index (χ3v) is 4.33. The van der Waals surface area contributed by atoms with Crippen LogP contribution in [0, 0.1) is 5.82 Å². The molecule has 0 bridgehead atoms. The summed E-state index contributed by atoms with van der Waals surface area (Å²) in [5.74, 6) is 0.743. The Morgan fingerprint density at radius 1 is 1.24 bits per heavy atom. The molecule has 0 saturated carbocycles. The SMILES string of the molecule is Fc1cc2c(cc1Cl)nc(CCCl)n2-c1ccccc1Br. The summed E-state index contributed by atoms with van der Waals surface area (Å²) >= 11 is 15.2. The van der Waals surface area contributed by atoms with Crippen LogP contribution in [0.3, 0.4) is 0 Å². The summed E-state index contributed by atoms with van der Waals surface area (Å²) in [6.07, 6.45) is 0.580. The van der Waals surface area contributed by atoms with Gasteiger partial charge in [-0.2, -0.15) is 0 Å². The minimum atomic E-state index is -0.463. The molecular weight excluding hydrogens is 378 g/mol. The van der Waals surface area contributed by atoms with E-state index in [4.69, 9.17) is 23.2 Å². The smallest absolute Gasteiger partial charge is 0.144 e. The molecule has 2 aromatic carbocycles. The van der Waals surface area contributed by atoms with Crippen LogP contribution in [0.2, 0.25) is 5.02 Å². The van der Waals surface area contributed by atoms with E-state index in [0.29, 0.717) is 23.3 Å². The number of fused-ring (bicyclic) bond motifs is 1. The van der Waals surface area contributed by atoms with Crippen LogP contribution in [0.25, 0.3) is 16.7 Å². The maximum Gasteiger partial charge on any atom is 0.144 e. The van der Waals surface area contributed by atoms with E-state index < -0.39 is 5.82 Å². The Labute approximate surface area is 139 Å². The molecule has 0 atom stereocenters.